The van der Waals surface area contributed by atoms with E-state index in [2.05, 4.69) is 21.1 Å². The van der Waals surface area contributed by atoms with Gasteiger partial charge in [0.05, 0.1) is 4.47 Å². The van der Waals surface area contributed by atoms with E-state index in [4.69, 9.17) is 5.11 Å². The summed E-state index contributed by atoms with van der Waals surface area (Å²) in [6, 6.07) is 2.07. The predicted molar refractivity (Wildman–Crippen MR) is 47.1 cm³/mol. The Kier molecular flexibility index (Phi) is 2.60. The van der Waals surface area contributed by atoms with Gasteiger partial charge in [0.1, 0.15) is 5.82 Å². The summed E-state index contributed by atoms with van der Waals surface area (Å²) in [5, 5.41) is 13.8. The SMILES string of the molecule is NS(=O)(=O)c1c(F)ccc(Br)c1O. The van der Waals surface area contributed by atoms with Crippen LogP contribution in [0.25, 0.3) is 0 Å². The van der Waals surface area contributed by atoms with Crippen LogP contribution in [-0.2, 0) is 10.0 Å². The Morgan fingerprint density at radius 2 is 2.00 bits per heavy atom. The van der Waals surface area contributed by atoms with Crippen LogP contribution in [0.4, 0.5) is 4.39 Å². The van der Waals surface area contributed by atoms with E-state index in [0.29, 0.717) is 0 Å². The van der Waals surface area contributed by atoms with Gasteiger partial charge in [-0.1, -0.05) is 0 Å². The van der Waals surface area contributed by atoms with E-state index in [1.807, 2.05) is 0 Å². The molecule has 0 saturated carbocycles. The smallest absolute Gasteiger partial charge is 0.244 e. The zero-order valence-electron chi connectivity index (χ0n) is 6.16. The quantitative estimate of drug-likeness (QED) is 0.796. The van der Waals surface area contributed by atoms with Crippen molar-refractivity contribution in [1.29, 1.82) is 0 Å². The second kappa shape index (κ2) is 3.24. The fourth-order valence-corrected chi connectivity index (χ4v) is 1.97. The third-order valence-electron chi connectivity index (χ3n) is 1.32. The zero-order valence-corrected chi connectivity index (χ0v) is 8.56. The summed E-state index contributed by atoms with van der Waals surface area (Å²) in [7, 11) is -4.24. The minimum absolute atomic E-state index is 0.0675. The molecule has 4 nitrogen and oxygen atoms in total. The molecule has 0 heterocycles. The second-order valence-electron chi connectivity index (χ2n) is 2.25. The maximum atomic E-state index is 12.9. The number of rotatable bonds is 1. The standard InChI is InChI=1S/C6H5BrFNO3S/c7-3-1-2-4(8)6(5(3)10)13(9,11)12/h1-2,10H,(H2,9,11,12). The molecule has 1 aromatic carbocycles. The molecule has 0 aliphatic rings. The lowest BCUT2D eigenvalue weighted by molar-refractivity contribution is 0.441. The number of phenols is 1. The minimum Gasteiger partial charge on any atom is -0.505 e. The topological polar surface area (TPSA) is 80.4 Å². The maximum Gasteiger partial charge on any atom is 0.244 e. The molecule has 0 spiro atoms. The monoisotopic (exact) mass is 269 g/mol. The number of benzene rings is 1. The van der Waals surface area contributed by atoms with Gasteiger partial charge in [-0.25, -0.2) is 17.9 Å². The Bertz CT molecular complexity index is 445. The van der Waals surface area contributed by atoms with E-state index in [0.717, 1.165) is 6.07 Å². The molecule has 0 amide bonds. The molecule has 13 heavy (non-hydrogen) atoms. The first-order valence-corrected chi connectivity index (χ1v) is 5.37. The summed E-state index contributed by atoms with van der Waals surface area (Å²) in [6.45, 7) is 0. The number of nitrogens with two attached hydrogens (primary N) is 1. The van der Waals surface area contributed by atoms with E-state index in [-0.39, 0.29) is 4.47 Å². The first-order valence-electron chi connectivity index (χ1n) is 3.04. The molecule has 0 fully saturated rings. The molecule has 72 valence electrons. The van der Waals surface area contributed by atoms with Crippen molar-refractivity contribution in [3.05, 3.63) is 22.4 Å². The minimum atomic E-state index is -4.24. The fourth-order valence-electron chi connectivity index (χ4n) is 0.793. The van der Waals surface area contributed by atoms with Gasteiger partial charge in [-0.3, -0.25) is 0 Å². The van der Waals surface area contributed by atoms with E-state index >= 15 is 0 Å². The van der Waals surface area contributed by atoms with Crippen molar-refractivity contribution in [1.82, 2.24) is 0 Å². The average Bonchev–Trinajstić information content (AvgIpc) is 1.95. The molecule has 7 heteroatoms. The zero-order chi connectivity index (χ0) is 10.2. The fraction of sp³-hybridized carbons (Fsp3) is 0. The lowest BCUT2D eigenvalue weighted by atomic mass is 10.3. The van der Waals surface area contributed by atoms with Crippen LogP contribution in [0.5, 0.6) is 5.75 Å². The van der Waals surface area contributed by atoms with E-state index in [1.54, 1.807) is 0 Å². The number of sulfonamides is 1. The normalized spacial score (nSPS) is 11.6. The number of halogens is 2. The number of primary sulfonamides is 1. The molecular weight excluding hydrogens is 265 g/mol. The Balaban J connectivity index is 3.62. The number of phenolic OH excluding ortho intramolecular Hbond substituents is 1. The molecule has 0 radical (unpaired) electrons. The van der Waals surface area contributed by atoms with Gasteiger partial charge >= 0.3 is 0 Å². The summed E-state index contributed by atoms with van der Waals surface area (Å²) < 4.78 is 34.5. The Morgan fingerprint density at radius 3 is 2.38 bits per heavy atom. The predicted octanol–water partition coefficient (Wildman–Crippen LogP) is 0.941. The third kappa shape index (κ3) is 1.98. The van der Waals surface area contributed by atoms with Crippen molar-refractivity contribution in [2.24, 2.45) is 5.14 Å². The van der Waals surface area contributed by atoms with Crippen molar-refractivity contribution in [3.63, 3.8) is 0 Å². The van der Waals surface area contributed by atoms with Crippen LogP contribution in [0.2, 0.25) is 0 Å². The summed E-state index contributed by atoms with van der Waals surface area (Å²) >= 11 is 2.84. The van der Waals surface area contributed by atoms with Gasteiger partial charge in [0.2, 0.25) is 10.0 Å². The van der Waals surface area contributed by atoms with Crippen molar-refractivity contribution < 1.29 is 17.9 Å². The molecule has 1 rings (SSSR count). The molecule has 3 N–H and O–H groups in total. The molecule has 0 atom stereocenters. The molecule has 0 unspecified atom stereocenters. The van der Waals surface area contributed by atoms with Crippen molar-refractivity contribution in [2.45, 2.75) is 4.90 Å². The number of hydrogen-bond donors (Lipinski definition) is 2. The summed E-state index contributed by atoms with van der Waals surface area (Å²) in [5.41, 5.74) is 0. The van der Waals surface area contributed by atoms with Crippen molar-refractivity contribution >= 4 is 26.0 Å². The molecule has 0 saturated heterocycles. The molecule has 0 aromatic heterocycles. The van der Waals surface area contributed by atoms with Gasteiger partial charge in [-0.15, -0.1) is 0 Å². The Labute approximate surface area is 82.4 Å². The van der Waals surface area contributed by atoms with Crippen LogP contribution in [0.1, 0.15) is 0 Å². The summed E-state index contributed by atoms with van der Waals surface area (Å²) in [5.74, 6) is -1.80. The van der Waals surface area contributed by atoms with Gasteiger partial charge in [-0.2, -0.15) is 0 Å². The van der Waals surface area contributed by atoms with Gasteiger partial charge in [0, 0.05) is 0 Å². The van der Waals surface area contributed by atoms with Gasteiger partial charge < -0.3 is 5.11 Å². The maximum absolute atomic E-state index is 12.9. The number of aromatic hydroxyl groups is 1. The molecule has 0 aliphatic heterocycles. The van der Waals surface area contributed by atoms with Crippen LogP contribution >= 0.6 is 15.9 Å². The molecule has 1 aromatic rings. The summed E-state index contributed by atoms with van der Waals surface area (Å²) in [6.07, 6.45) is 0. The van der Waals surface area contributed by atoms with Crippen LogP contribution in [0.3, 0.4) is 0 Å². The first-order chi connectivity index (χ1) is 5.84. The highest BCUT2D eigenvalue weighted by Crippen LogP contribution is 2.32. The highest BCUT2D eigenvalue weighted by Gasteiger charge is 2.21. The highest BCUT2D eigenvalue weighted by molar-refractivity contribution is 9.10. The first kappa shape index (κ1) is 10.4. The van der Waals surface area contributed by atoms with E-state index < -0.39 is 26.5 Å². The van der Waals surface area contributed by atoms with E-state index in [9.17, 15) is 12.8 Å². The average molecular weight is 270 g/mol. The second-order valence-corrected chi connectivity index (χ2v) is 4.60. The van der Waals surface area contributed by atoms with Crippen LogP contribution in [-0.4, -0.2) is 13.5 Å². The van der Waals surface area contributed by atoms with Crippen molar-refractivity contribution in [2.75, 3.05) is 0 Å². The number of hydrogen-bond acceptors (Lipinski definition) is 3. The largest absolute Gasteiger partial charge is 0.505 e. The van der Waals surface area contributed by atoms with Crippen LogP contribution in [0.15, 0.2) is 21.5 Å². The highest BCUT2D eigenvalue weighted by atomic mass is 79.9. The lowest BCUT2D eigenvalue weighted by Crippen LogP contribution is -2.14. The van der Waals surface area contributed by atoms with Gasteiger partial charge in [0.15, 0.2) is 10.6 Å². The van der Waals surface area contributed by atoms with Crippen molar-refractivity contribution in [3.8, 4) is 5.75 Å². The lowest BCUT2D eigenvalue weighted by Gasteiger charge is -2.04. The molecule has 0 bridgehead atoms. The third-order valence-corrected chi connectivity index (χ3v) is 2.92. The molecular formula is C6H5BrFNO3S. The van der Waals surface area contributed by atoms with E-state index in [1.165, 1.54) is 6.07 Å². The van der Waals surface area contributed by atoms with Crippen LogP contribution in [0, 0.1) is 5.82 Å². The Hall–Kier alpha value is -0.660. The molecule has 0 aliphatic carbocycles. The van der Waals surface area contributed by atoms with Crippen LogP contribution < -0.4 is 5.14 Å². The summed E-state index contributed by atoms with van der Waals surface area (Å²) in [4.78, 5) is -0.901. The Morgan fingerprint density at radius 1 is 1.46 bits per heavy atom. The van der Waals surface area contributed by atoms with Gasteiger partial charge in [-0.05, 0) is 28.1 Å². The van der Waals surface area contributed by atoms with Gasteiger partial charge in [0.25, 0.3) is 0 Å².